The smallest absolute Gasteiger partial charge is 0.256 e. The van der Waals surface area contributed by atoms with Gasteiger partial charge < -0.3 is 14.8 Å². The number of aromatic nitrogens is 4. The molecule has 3 heterocycles. The first-order chi connectivity index (χ1) is 14.9. The summed E-state index contributed by atoms with van der Waals surface area (Å²) < 4.78 is 13.4. The summed E-state index contributed by atoms with van der Waals surface area (Å²) in [5, 5.41) is 12.1. The van der Waals surface area contributed by atoms with Gasteiger partial charge in [-0.2, -0.15) is 0 Å². The number of carbonyl (C=O) groups excluding carboxylic acids is 1. The summed E-state index contributed by atoms with van der Waals surface area (Å²) >= 11 is 1.35. The highest BCUT2D eigenvalue weighted by molar-refractivity contribution is 7.99. The van der Waals surface area contributed by atoms with Crippen molar-refractivity contribution >= 4 is 23.4 Å². The minimum absolute atomic E-state index is 0.0646. The van der Waals surface area contributed by atoms with E-state index >= 15 is 0 Å². The molecule has 0 fully saturated rings. The molecule has 164 valence electrons. The highest BCUT2D eigenvalue weighted by atomic mass is 32.2. The predicted octanol–water partition coefficient (Wildman–Crippen LogP) is 3.51. The molecule has 0 aliphatic carbocycles. The maximum Gasteiger partial charge on any atom is 0.256 e. The monoisotopic (exact) mass is 441 g/mol. The Kier molecular flexibility index (Phi) is 6.31. The summed E-state index contributed by atoms with van der Waals surface area (Å²) in [4.78, 5) is 17.2. The fraction of sp³-hybridized carbons (Fsp3) is 0.455. The standard InChI is InChI=1S/C22H27N5O3S/c1-13(2)20(16-6-7-17-18(11-16)30-9-5-8-29-17)24-19(28)12-31-22-26-25-21-23-14(3)10-15(4)27(21)22/h6-7,10-11,13,20H,5,8-9,12H2,1-4H3,(H,24,28)/t20-/m1/s1. The SMILES string of the molecule is Cc1cc(C)n2c(SCC(=O)N[C@@H](c3ccc4c(c3)OCCCO4)C(C)C)nnc2n1. The summed E-state index contributed by atoms with van der Waals surface area (Å²) in [7, 11) is 0. The van der Waals surface area contributed by atoms with Crippen LogP contribution in [0.3, 0.4) is 0 Å². The molecule has 1 amide bonds. The predicted molar refractivity (Wildman–Crippen MR) is 119 cm³/mol. The van der Waals surface area contributed by atoms with Gasteiger partial charge in [0, 0.05) is 17.8 Å². The van der Waals surface area contributed by atoms with Crippen molar-refractivity contribution in [1.82, 2.24) is 24.9 Å². The minimum atomic E-state index is -0.133. The number of ether oxygens (including phenoxy) is 2. The molecule has 0 spiro atoms. The average Bonchev–Trinajstić information content (AvgIpc) is 2.98. The fourth-order valence-electron chi connectivity index (χ4n) is 3.65. The van der Waals surface area contributed by atoms with Gasteiger partial charge in [-0.25, -0.2) is 4.98 Å². The highest BCUT2D eigenvalue weighted by Crippen LogP contribution is 2.34. The van der Waals surface area contributed by atoms with E-state index < -0.39 is 0 Å². The Morgan fingerprint density at radius 3 is 2.71 bits per heavy atom. The molecule has 8 nitrogen and oxygen atoms in total. The van der Waals surface area contributed by atoms with Gasteiger partial charge in [0.2, 0.25) is 5.91 Å². The van der Waals surface area contributed by atoms with Gasteiger partial charge in [-0.15, -0.1) is 10.2 Å². The van der Waals surface area contributed by atoms with E-state index in [2.05, 4.69) is 34.3 Å². The molecular weight excluding hydrogens is 414 g/mol. The number of aryl methyl sites for hydroxylation is 2. The van der Waals surface area contributed by atoms with E-state index in [1.807, 2.05) is 42.5 Å². The topological polar surface area (TPSA) is 90.6 Å². The van der Waals surface area contributed by atoms with E-state index in [0.717, 1.165) is 34.9 Å². The zero-order chi connectivity index (χ0) is 22.0. The van der Waals surface area contributed by atoms with Crippen LogP contribution in [0.2, 0.25) is 0 Å². The third-order valence-corrected chi connectivity index (χ3v) is 6.04. The third kappa shape index (κ3) is 4.76. The second-order valence-electron chi connectivity index (χ2n) is 7.99. The number of carbonyl (C=O) groups is 1. The van der Waals surface area contributed by atoms with E-state index in [9.17, 15) is 4.79 Å². The largest absolute Gasteiger partial charge is 0.490 e. The lowest BCUT2D eigenvalue weighted by Crippen LogP contribution is -2.33. The zero-order valence-corrected chi connectivity index (χ0v) is 19.0. The Morgan fingerprint density at radius 2 is 1.94 bits per heavy atom. The minimum Gasteiger partial charge on any atom is -0.490 e. The van der Waals surface area contributed by atoms with Gasteiger partial charge in [-0.05, 0) is 43.5 Å². The Morgan fingerprint density at radius 1 is 1.16 bits per heavy atom. The second-order valence-corrected chi connectivity index (χ2v) is 8.93. The number of hydrogen-bond donors (Lipinski definition) is 1. The van der Waals surface area contributed by atoms with Crippen molar-refractivity contribution in [3.63, 3.8) is 0 Å². The lowest BCUT2D eigenvalue weighted by molar-refractivity contribution is -0.119. The number of benzene rings is 1. The van der Waals surface area contributed by atoms with E-state index in [-0.39, 0.29) is 23.6 Å². The number of amides is 1. The number of rotatable bonds is 6. The molecule has 1 aliphatic rings. The van der Waals surface area contributed by atoms with E-state index in [1.165, 1.54) is 11.8 Å². The van der Waals surface area contributed by atoms with Crippen molar-refractivity contribution in [2.75, 3.05) is 19.0 Å². The summed E-state index contributed by atoms with van der Waals surface area (Å²) in [5.74, 6) is 2.42. The number of hydrogen-bond acceptors (Lipinski definition) is 7. The number of nitrogens with zero attached hydrogens (tertiary/aromatic N) is 4. The first-order valence-electron chi connectivity index (χ1n) is 10.4. The van der Waals surface area contributed by atoms with Crippen LogP contribution in [0.1, 0.15) is 43.3 Å². The summed E-state index contributed by atoms with van der Waals surface area (Å²) in [5.41, 5.74) is 2.88. The first kappa shape index (κ1) is 21.4. The van der Waals surface area contributed by atoms with Crippen molar-refractivity contribution in [3.8, 4) is 11.5 Å². The Balaban J connectivity index is 1.46. The maximum absolute atomic E-state index is 12.8. The van der Waals surface area contributed by atoms with Gasteiger partial charge >= 0.3 is 0 Å². The van der Waals surface area contributed by atoms with Crippen molar-refractivity contribution in [1.29, 1.82) is 0 Å². The molecule has 1 N–H and O–H groups in total. The zero-order valence-electron chi connectivity index (χ0n) is 18.2. The van der Waals surface area contributed by atoms with Crippen molar-refractivity contribution in [3.05, 3.63) is 41.2 Å². The number of fused-ring (bicyclic) bond motifs is 2. The summed E-state index contributed by atoms with van der Waals surface area (Å²) in [6.45, 7) is 9.36. The van der Waals surface area contributed by atoms with Crippen LogP contribution in [-0.4, -0.2) is 44.5 Å². The van der Waals surface area contributed by atoms with Crippen LogP contribution >= 0.6 is 11.8 Å². The maximum atomic E-state index is 12.8. The van der Waals surface area contributed by atoms with Crippen LogP contribution in [0.25, 0.3) is 5.78 Å². The van der Waals surface area contributed by atoms with Gasteiger partial charge in [-0.3, -0.25) is 9.20 Å². The van der Waals surface area contributed by atoms with Gasteiger partial charge in [0.05, 0.1) is 25.0 Å². The average molecular weight is 442 g/mol. The van der Waals surface area contributed by atoms with Gasteiger partial charge in [0.15, 0.2) is 16.7 Å². The fourth-order valence-corrected chi connectivity index (χ4v) is 4.44. The Hall–Kier alpha value is -2.81. The van der Waals surface area contributed by atoms with E-state index in [0.29, 0.717) is 24.1 Å². The molecular formula is C22H27N5O3S. The van der Waals surface area contributed by atoms with Crippen LogP contribution < -0.4 is 14.8 Å². The first-order valence-corrected chi connectivity index (χ1v) is 11.4. The molecule has 0 radical (unpaired) electrons. The molecule has 0 bridgehead atoms. The van der Waals surface area contributed by atoms with Crippen LogP contribution in [-0.2, 0) is 4.79 Å². The Bertz CT molecular complexity index is 1100. The summed E-state index contributed by atoms with van der Waals surface area (Å²) in [6.07, 6.45) is 0.859. The van der Waals surface area contributed by atoms with Crippen LogP contribution in [0.4, 0.5) is 0 Å². The van der Waals surface area contributed by atoms with Gasteiger partial charge in [0.1, 0.15) is 0 Å². The van der Waals surface area contributed by atoms with Crippen LogP contribution in [0.5, 0.6) is 11.5 Å². The van der Waals surface area contributed by atoms with Crippen molar-refractivity contribution in [2.24, 2.45) is 5.92 Å². The van der Waals surface area contributed by atoms with Crippen molar-refractivity contribution < 1.29 is 14.3 Å². The molecule has 0 saturated heterocycles. The molecule has 3 aromatic rings. The normalized spacial score (nSPS) is 14.5. The van der Waals surface area contributed by atoms with Crippen molar-refractivity contribution in [2.45, 2.75) is 45.3 Å². The molecule has 0 saturated carbocycles. The molecule has 1 aliphatic heterocycles. The number of nitrogens with one attached hydrogen (secondary N) is 1. The molecule has 31 heavy (non-hydrogen) atoms. The van der Waals surface area contributed by atoms with Gasteiger partial charge in [0.25, 0.3) is 5.78 Å². The molecule has 0 unspecified atom stereocenters. The van der Waals surface area contributed by atoms with E-state index in [1.54, 1.807) is 0 Å². The molecule has 1 aromatic carbocycles. The van der Waals surface area contributed by atoms with Crippen LogP contribution in [0, 0.1) is 19.8 Å². The summed E-state index contributed by atoms with van der Waals surface area (Å²) in [6, 6.07) is 7.73. The molecule has 1 atom stereocenters. The number of thioether (sulfide) groups is 1. The van der Waals surface area contributed by atoms with Crippen LogP contribution in [0.15, 0.2) is 29.4 Å². The lowest BCUT2D eigenvalue weighted by atomic mass is 9.95. The van der Waals surface area contributed by atoms with E-state index in [4.69, 9.17) is 9.47 Å². The molecule has 2 aromatic heterocycles. The quantitative estimate of drug-likeness (QED) is 0.586. The van der Waals surface area contributed by atoms with Gasteiger partial charge in [-0.1, -0.05) is 31.7 Å². The third-order valence-electron chi connectivity index (χ3n) is 5.11. The highest BCUT2D eigenvalue weighted by Gasteiger charge is 2.22. The lowest BCUT2D eigenvalue weighted by Gasteiger charge is -2.23. The molecule has 4 rings (SSSR count). The molecule has 9 heteroatoms. The second kappa shape index (κ2) is 9.13. The Labute approximate surface area is 185 Å².